The summed E-state index contributed by atoms with van der Waals surface area (Å²) in [6, 6.07) is -0.883. The minimum Gasteiger partial charge on any atom is -0.387 e. The van der Waals surface area contributed by atoms with Crippen molar-refractivity contribution >= 4 is 13.7 Å². The number of rotatable bonds is 27. The molecule has 0 aromatic carbocycles. The van der Waals surface area contributed by atoms with Crippen LogP contribution in [0.3, 0.4) is 0 Å². The fourth-order valence-corrected chi connectivity index (χ4v) is 4.52. The Morgan fingerprint density at radius 1 is 0.800 bits per heavy atom. The van der Waals surface area contributed by atoms with E-state index in [4.69, 9.17) is 14.8 Å². The van der Waals surface area contributed by atoms with E-state index in [0.717, 1.165) is 77.0 Å². The summed E-state index contributed by atoms with van der Waals surface area (Å²) in [7, 11) is -4.33. The highest BCUT2D eigenvalue weighted by Gasteiger charge is 2.26. The predicted molar refractivity (Wildman–Crippen MR) is 166 cm³/mol. The van der Waals surface area contributed by atoms with E-state index in [-0.39, 0.29) is 25.7 Å². The first-order chi connectivity index (χ1) is 19.4. The number of hydrogen-bond acceptors (Lipinski definition) is 6. The molecule has 0 aliphatic rings. The number of amides is 1. The molecule has 0 heterocycles. The van der Waals surface area contributed by atoms with Crippen LogP contribution in [0.5, 0.6) is 0 Å². The summed E-state index contributed by atoms with van der Waals surface area (Å²) in [5, 5.41) is 13.4. The van der Waals surface area contributed by atoms with Crippen molar-refractivity contribution in [2.24, 2.45) is 5.73 Å². The fraction of sp³-hybridized carbons (Fsp3) is 0.710. The van der Waals surface area contributed by atoms with Gasteiger partial charge in [0.15, 0.2) is 0 Å². The molecule has 0 rings (SSSR count). The van der Waals surface area contributed by atoms with Gasteiger partial charge in [0, 0.05) is 13.0 Å². The van der Waals surface area contributed by atoms with Crippen molar-refractivity contribution in [2.45, 2.75) is 122 Å². The van der Waals surface area contributed by atoms with Gasteiger partial charge in [-0.15, -0.1) is 0 Å². The number of aliphatic hydroxyl groups excluding tert-OH is 1. The lowest BCUT2D eigenvalue weighted by molar-refractivity contribution is -0.123. The lowest BCUT2D eigenvalue weighted by Gasteiger charge is -2.23. The minimum atomic E-state index is -4.33. The summed E-state index contributed by atoms with van der Waals surface area (Å²) >= 11 is 0. The standard InChI is InChI=1S/C31H57N2O6P/c1-3-5-7-9-11-13-15-16-18-20-22-24-30(34)29(28-39-40(36,37)38-27-26-32)33-31(35)25-23-21-19-17-14-12-10-8-6-4-2/h7-10,15-16,22,24,29-30,34H,3-6,11-14,17-21,23,25-28,32H2,1-2H3,(H,33,35)(H,36,37)/b9-7+,10-8-,16-15+,24-22+. The molecule has 0 saturated carbocycles. The Morgan fingerprint density at radius 3 is 1.93 bits per heavy atom. The first kappa shape index (κ1) is 38.5. The highest BCUT2D eigenvalue weighted by molar-refractivity contribution is 7.47. The zero-order valence-corrected chi connectivity index (χ0v) is 25.9. The van der Waals surface area contributed by atoms with Crippen LogP contribution in [-0.4, -0.2) is 47.8 Å². The maximum Gasteiger partial charge on any atom is 0.472 e. The first-order valence-electron chi connectivity index (χ1n) is 15.3. The number of unbranched alkanes of at least 4 members (excludes halogenated alkanes) is 9. The lowest BCUT2D eigenvalue weighted by Crippen LogP contribution is -2.45. The molecule has 0 aliphatic carbocycles. The van der Waals surface area contributed by atoms with Crippen LogP contribution in [0, 0.1) is 0 Å². The quantitative estimate of drug-likeness (QED) is 0.0463. The SMILES string of the molecule is CCC/C=C\CCCCCCCC(=O)NC(COP(=O)(O)OCCN)C(O)/C=C/CC/C=C/CC/C=C/CCC. The van der Waals surface area contributed by atoms with E-state index in [1.165, 1.54) is 12.8 Å². The second kappa shape index (κ2) is 27.6. The van der Waals surface area contributed by atoms with Gasteiger partial charge >= 0.3 is 7.82 Å². The van der Waals surface area contributed by atoms with Crippen LogP contribution in [0.2, 0.25) is 0 Å². The number of aliphatic hydroxyl groups is 1. The molecule has 0 spiro atoms. The third kappa shape index (κ3) is 25.4. The molecule has 0 bridgehead atoms. The molecular weight excluding hydrogens is 527 g/mol. The monoisotopic (exact) mass is 584 g/mol. The molecule has 0 aromatic rings. The summed E-state index contributed by atoms with van der Waals surface area (Å²) in [4.78, 5) is 22.4. The largest absolute Gasteiger partial charge is 0.472 e. The molecule has 0 saturated heterocycles. The van der Waals surface area contributed by atoms with Crippen LogP contribution >= 0.6 is 7.82 Å². The molecule has 8 nitrogen and oxygen atoms in total. The number of carbonyl (C=O) groups excluding carboxylic acids is 1. The number of phosphoric ester groups is 1. The van der Waals surface area contributed by atoms with Gasteiger partial charge in [-0.3, -0.25) is 13.8 Å². The molecule has 1 amide bonds. The van der Waals surface area contributed by atoms with Crippen LogP contribution in [0.4, 0.5) is 0 Å². The van der Waals surface area contributed by atoms with Crippen molar-refractivity contribution in [1.82, 2.24) is 5.32 Å². The van der Waals surface area contributed by atoms with E-state index in [2.05, 4.69) is 55.6 Å². The predicted octanol–water partition coefficient (Wildman–Crippen LogP) is 7.04. The van der Waals surface area contributed by atoms with E-state index >= 15 is 0 Å². The van der Waals surface area contributed by atoms with Gasteiger partial charge in [0.2, 0.25) is 5.91 Å². The second-order valence-corrected chi connectivity index (χ2v) is 11.4. The van der Waals surface area contributed by atoms with Gasteiger partial charge in [-0.1, -0.05) is 94.6 Å². The Balaban J connectivity index is 4.58. The van der Waals surface area contributed by atoms with Gasteiger partial charge in [-0.05, 0) is 57.8 Å². The molecule has 3 atom stereocenters. The van der Waals surface area contributed by atoms with Crippen molar-refractivity contribution in [2.75, 3.05) is 19.8 Å². The molecule has 0 aromatic heterocycles. The number of carbonyl (C=O) groups is 1. The van der Waals surface area contributed by atoms with Crippen LogP contribution < -0.4 is 11.1 Å². The molecule has 40 heavy (non-hydrogen) atoms. The third-order valence-corrected chi connectivity index (χ3v) is 7.05. The van der Waals surface area contributed by atoms with Gasteiger partial charge in [-0.25, -0.2) is 4.57 Å². The molecule has 3 unspecified atom stereocenters. The Hall–Kier alpha value is -1.54. The normalized spacial score (nSPS) is 15.4. The van der Waals surface area contributed by atoms with Crippen molar-refractivity contribution in [3.63, 3.8) is 0 Å². The van der Waals surface area contributed by atoms with Crippen molar-refractivity contribution in [3.8, 4) is 0 Å². The van der Waals surface area contributed by atoms with Gasteiger partial charge in [-0.2, -0.15) is 0 Å². The van der Waals surface area contributed by atoms with Crippen LogP contribution in [0.1, 0.15) is 110 Å². The number of allylic oxidation sites excluding steroid dienone is 7. The Bertz CT molecular complexity index is 769. The van der Waals surface area contributed by atoms with Crippen molar-refractivity contribution in [1.29, 1.82) is 0 Å². The maximum absolute atomic E-state index is 12.5. The Labute approximate surface area is 243 Å². The molecular formula is C31H57N2O6P. The first-order valence-corrected chi connectivity index (χ1v) is 16.8. The molecule has 5 N–H and O–H groups in total. The highest BCUT2D eigenvalue weighted by atomic mass is 31.2. The highest BCUT2D eigenvalue weighted by Crippen LogP contribution is 2.43. The molecule has 9 heteroatoms. The van der Waals surface area contributed by atoms with E-state index in [0.29, 0.717) is 6.42 Å². The zero-order chi connectivity index (χ0) is 29.7. The topological polar surface area (TPSA) is 131 Å². The summed E-state index contributed by atoms with van der Waals surface area (Å²) in [6.07, 6.45) is 30.2. The summed E-state index contributed by atoms with van der Waals surface area (Å²) in [6.45, 7) is 3.90. The Kier molecular flexibility index (Phi) is 26.6. The summed E-state index contributed by atoms with van der Waals surface area (Å²) in [5.41, 5.74) is 5.32. The average Bonchev–Trinajstić information content (AvgIpc) is 2.93. The Morgan fingerprint density at radius 2 is 1.32 bits per heavy atom. The smallest absolute Gasteiger partial charge is 0.387 e. The molecule has 0 aliphatic heterocycles. The van der Waals surface area contributed by atoms with E-state index in [9.17, 15) is 19.4 Å². The van der Waals surface area contributed by atoms with E-state index < -0.39 is 20.0 Å². The zero-order valence-electron chi connectivity index (χ0n) is 25.1. The summed E-state index contributed by atoms with van der Waals surface area (Å²) in [5.74, 6) is -0.227. The second-order valence-electron chi connectivity index (χ2n) is 9.93. The van der Waals surface area contributed by atoms with E-state index in [1.807, 2.05) is 6.08 Å². The molecule has 0 radical (unpaired) electrons. The number of phosphoric acid groups is 1. The lowest BCUT2D eigenvalue weighted by atomic mass is 10.1. The van der Waals surface area contributed by atoms with Gasteiger partial charge < -0.3 is 21.1 Å². The maximum atomic E-state index is 12.5. The number of hydrogen-bond donors (Lipinski definition) is 4. The molecule has 232 valence electrons. The minimum absolute atomic E-state index is 0.0685. The van der Waals surface area contributed by atoms with Crippen LogP contribution in [0.25, 0.3) is 0 Å². The van der Waals surface area contributed by atoms with Crippen LogP contribution in [-0.2, 0) is 18.4 Å². The number of nitrogens with two attached hydrogens (primary N) is 1. The average molecular weight is 585 g/mol. The van der Waals surface area contributed by atoms with Crippen molar-refractivity contribution in [3.05, 3.63) is 48.6 Å². The number of nitrogens with one attached hydrogen (secondary N) is 1. The van der Waals surface area contributed by atoms with Gasteiger partial charge in [0.1, 0.15) is 0 Å². The van der Waals surface area contributed by atoms with E-state index in [1.54, 1.807) is 6.08 Å². The van der Waals surface area contributed by atoms with Crippen LogP contribution in [0.15, 0.2) is 48.6 Å². The van der Waals surface area contributed by atoms with Gasteiger partial charge in [0.05, 0.1) is 25.4 Å². The third-order valence-electron chi connectivity index (χ3n) is 6.07. The van der Waals surface area contributed by atoms with Gasteiger partial charge in [0.25, 0.3) is 0 Å². The summed E-state index contributed by atoms with van der Waals surface area (Å²) < 4.78 is 21.8. The van der Waals surface area contributed by atoms with Crippen molar-refractivity contribution < 1.29 is 28.4 Å². The fourth-order valence-electron chi connectivity index (χ4n) is 3.76. The molecule has 0 fully saturated rings.